The van der Waals surface area contributed by atoms with Crippen LogP contribution >= 0.6 is 0 Å². The Kier molecular flexibility index (Phi) is 4.88. The SMILES string of the molecule is COc1cccc(-c2nnc(CNC(=O)c3cccc(-n4cccc4)c3)o2)c1. The molecule has 1 N–H and O–H groups in total. The number of hydrogen-bond acceptors (Lipinski definition) is 5. The molecule has 1 amide bonds. The Hall–Kier alpha value is -3.87. The molecule has 7 nitrogen and oxygen atoms in total. The van der Waals surface area contributed by atoms with Crippen LogP contribution in [-0.4, -0.2) is 27.8 Å². The van der Waals surface area contributed by atoms with Crippen LogP contribution < -0.4 is 10.1 Å². The third-order valence-corrected chi connectivity index (χ3v) is 4.19. The van der Waals surface area contributed by atoms with Crippen molar-refractivity contribution in [2.24, 2.45) is 0 Å². The highest BCUT2D eigenvalue weighted by atomic mass is 16.5. The van der Waals surface area contributed by atoms with E-state index in [1.807, 2.05) is 71.6 Å². The zero-order valence-electron chi connectivity index (χ0n) is 15.2. The monoisotopic (exact) mass is 374 g/mol. The van der Waals surface area contributed by atoms with Crippen LogP contribution in [0.3, 0.4) is 0 Å². The summed E-state index contributed by atoms with van der Waals surface area (Å²) in [6, 6.07) is 18.6. The Balaban J connectivity index is 1.43. The van der Waals surface area contributed by atoms with Crippen LogP contribution in [0.1, 0.15) is 16.2 Å². The summed E-state index contributed by atoms with van der Waals surface area (Å²) in [4.78, 5) is 12.5. The van der Waals surface area contributed by atoms with Crippen LogP contribution in [0, 0.1) is 0 Å². The van der Waals surface area contributed by atoms with Gasteiger partial charge in [0.05, 0.1) is 13.7 Å². The lowest BCUT2D eigenvalue weighted by atomic mass is 10.2. The van der Waals surface area contributed by atoms with Crippen molar-refractivity contribution in [3.8, 4) is 22.9 Å². The maximum Gasteiger partial charge on any atom is 0.251 e. The third-order valence-electron chi connectivity index (χ3n) is 4.19. The molecule has 2 aromatic carbocycles. The highest BCUT2D eigenvalue weighted by Gasteiger charge is 2.12. The van der Waals surface area contributed by atoms with Gasteiger partial charge in [-0.3, -0.25) is 4.79 Å². The van der Waals surface area contributed by atoms with Gasteiger partial charge in [-0.2, -0.15) is 0 Å². The second kappa shape index (κ2) is 7.79. The number of carbonyl (C=O) groups excluding carboxylic acids is 1. The Morgan fingerprint density at radius 1 is 1.07 bits per heavy atom. The van der Waals surface area contributed by atoms with E-state index in [1.165, 1.54) is 0 Å². The molecule has 140 valence electrons. The van der Waals surface area contributed by atoms with Gasteiger partial charge in [0, 0.05) is 29.2 Å². The maximum absolute atomic E-state index is 12.5. The predicted octanol–water partition coefficient (Wildman–Crippen LogP) is 3.47. The fraction of sp³-hybridized carbons (Fsp3) is 0.0952. The molecule has 0 unspecified atom stereocenters. The quantitative estimate of drug-likeness (QED) is 0.559. The van der Waals surface area contributed by atoms with Crippen molar-refractivity contribution in [1.29, 1.82) is 0 Å². The zero-order chi connectivity index (χ0) is 19.3. The second-order valence-electron chi connectivity index (χ2n) is 6.06. The van der Waals surface area contributed by atoms with Crippen molar-refractivity contribution >= 4 is 5.91 Å². The first-order valence-electron chi connectivity index (χ1n) is 8.71. The fourth-order valence-corrected chi connectivity index (χ4v) is 2.77. The second-order valence-corrected chi connectivity index (χ2v) is 6.06. The van der Waals surface area contributed by atoms with Crippen LogP contribution in [0.25, 0.3) is 17.1 Å². The van der Waals surface area contributed by atoms with E-state index < -0.39 is 0 Å². The molecule has 0 aliphatic heterocycles. The fourth-order valence-electron chi connectivity index (χ4n) is 2.77. The minimum absolute atomic E-state index is 0.142. The summed E-state index contributed by atoms with van der Waals surface area (Å²) in [7, 11) is 1.60. The number of rotatable bonds is 6. The van der Waals surface area contributed by atoms with Gasteiger partial charge in [-0.25, -0.2) is 0 Å². The number of hydrogen-bond donors (Lipinski definition) is 1. The van der Waals surface area contributed by atoms with Gasteiger partial charge in [0.15, 0.2) is 0 Å². The average Bonchev–Trinajstić information content (AvgIpc) is 3.44. The zero-order valence-corrected chi connectivity index (χ0v) is 15.2. The van der Waals surface area contributed by atoms with E-state index in [-0.39, 0.29) is 12.5 Å². The molecule has 0 fully saturated rings. The van der Waals surface area contributed by atoms with E-state index in [2.05, 4.69) is 15.5 Å². The molecule has 2 heterocycles. The van der Waals surface area contributed by atoms with Gasteiger partial charge in [0.25, 0.3) is 5.91 Å². The Morgan fingerprint density at radius 3 is 2.71 bits per heavy atom. The van der Waals surface area contributed by atoms with E-state index in [0.29, 0.717) is 23.1 Å². The van der Waals surface area contributed by atoms with Crippen LogP contribution in [0.15, 0.2) is 77.5 Å². The normalized spacial score (nSPS) is 10.6. The summed E-state index contributed by atoms with van der Waals surface area (Å²) in [6.45, 7) is 0.142. The molecular weight excluding hydrogens is 356 g/mol. The summed E-state index contributed by atoms with van der Waals surface area (Å²) in [6.07, 6.45) is 3.85. The molecule has 0 saturated carbocycles. The molecule has 0 atom stereocenters. The lowest BCUT2D eigenvalue weighted by molar-refractivity contribution is 0.0947. The molecule has 2 aromatic heterocycles. The molecule has 0 saturated heterocycles. The maximum atomic E-state index is 12.5. The highest BCUT2D eigenvalue weighted by molar-refractivity contribution is 5.94. The van der Waals surface area contributed by atoms with Crippen molar-refractivity contribution in [3.05, 3.63) is 84.5 Å². The number of ether oxygens (including phenoxy) is 1. The van der Waals surface area contributed by atoms with Gasteiger partial charge in [-0.05, 0) is 48.5 Å². The summed E-state index contributed by atoms with van der Waals surface area (Å²) >= 11 is 0. The summed E-state index contributed by atoms with van der Waals surface area (Å²) < 4.78 is 12.8. The van der Waals surface area contributed by atoms with Crippen LogP contribution in [0.2, 0.25) is 0 Å². The molecule has 4 aromatic rings. The first-order valence-corrected chi connectivity index (χ1v) is 8.71. The largest absolute Gasteiger partial charge is 0.497 e. The molecular formula is C21H18N4O3. The van der Waals surface area contributed by atoms with Crippen LogP contribution in [0.4, 0.5) is 0 Å². The van der Waals surface area contributed by atoms with Gasteiger partial charge in [0.1, 0.15) is 5.75 Å². The van der Waals surface area contributed by atoms with Crippen LogP contribution in [0.5, 0.6) is 5.75 Å². The molecule has 0 aliphatic rings. The minimum Gasteiger partial charge on any atom is -0.497 e. The predicted molar refractivity (Wildman–Crippen MR) is 103 cm³/mol. The summed E-state index contributed by atoms with van der Waals surface area (Å²) in [5, 5.41) is 10.8. The number of amides is 1. The highest BCUT2D eigenvalue weighted by Crippen LogP contribution is 2.22. The molecule has 7 heteroatoms. The number of nitrogens with zero attached hydrogens (tertiary/aromatic N) is 3. The molecule has 0 aliphatic carbocycles. The molecule has 0 bridgehead atoms. The van der Waals surface area contributed by atoms with Crippen molar-refractivity contribution in [1.82, 2.24) is 20.1 Å². The standard InChI is InChI=1S/C21H18N4O3/c1-27-18-9-5-7-16(13-18)21-24-23-19(28-21)14-22-20(26)15-6-4-8-17(12-15)25-10-2-3-11-25/h2-13H,14H2,1H3,(H,22,26). The number of nitrogens with one attached hydrogen (secondary N) is 1. The topological polar surface area (TPSA) is 82.2 Å². The lowest BCUT2D eigenvalue weighted by Crippen LogP contribution is -2.23. The number of aromatic nitrogens is 3. The average molecular weight is 374 g/mol. The van der Waals surface area contributed by atoms with Crippen molar-refractivity contribution in [2.75, 3.05) is 7.11 Å². The van der Waals surface area contributed by atoms with Gasteiger partial charge in [0.2, 0.25) is 11.8 Å². The van der Waals surface area contributed by atoms with Crippen molar-refractivity contribution in [2.45, 2.75) is 6.54 Å². The number of benzene rings is 2. The number of methoxy groups -OCH3 is 1. The molecule has 0 radical (unpaired) electrons. The van der Waals surface area contributed by atoms with E-state index in [4.69, 9.17) is 9.15 Å². The first-order chi connectivity index (χ1) is 13.7. The van der Waals surface area contributed by atoms with E-state index >= 15 is 0 Å². The molecule has 28 heavy (non-hydrogen) atoms. The van der Waals surface area contributed by atoms with E-state index in [0.717, 1.165) is 11.3 Å². The van der Waals surface area contributed by atoms with E-state index in [9.17, 15) is 4.79 Å². The first kappa shape index (κ1) is 17.5. The van der Waals surface area contributed by atoms with Gasteiger partial charge in [-0.15, -0.1) is 10.2 Å². The van der Waals surface area contributed by atoms with Gasteiger partial charge < -0.3 is 19.0 Å². The summed E-state index contributed by atoms with van der Waals surface area (Å²) in [5.41, 5.74) is 2.22. The van der Waals surface area contributed by atoms with Gasteiger partial charge >= 0.3 is 0 Å². The van der Waals surface area contributed by atoms with Crippen molar-refractivity contribution < 1.29 is 13.9 Å². The van der Waals surface area contributed by atoms with Crippen molar-refractivity contribution in [3.63, 3.8) is 0 Å². The van der Waals surface area contributed by atoms with Gasteiger partial charge in [-0.1, -0.05) is 12.1 Å². The number of carbonyl (C=O) groups is 1. The Morgan fingerprint density at radius 2 is 1.89 bits per heavy atom. The molecule has 0 spiro atoms. The molecule has 4 rings (SSSR count). The lowest BCUT2D eigenvalue weighted by Gasteiger charge is -2.06. The smallest absolute Gasteiger partial charge is 0.251 e. The third kappa shape index (κ3) is 3.78. The summed E-state index contributed by atoms with van der Waals surface area (Å²) in [5.74, 6) is 1.19. The van der Waals surface area contributed by atoms with E-state index in [1.54, 1.807) is 13.2 Å². The Bertz CT molecular complexity index is 1090. The Labute approximate surface area is 161 Å². The van der Waals surface area contributed by atoms with Crippen LogP contribution in [-0.2, 0) is 6.54 Å². The minimum atomic E-state index is -0.213.